The summed E-state index contributed by atoms with van der Waals surface area (Å²) < 4.78 is 7.71. The third kappa shape index (κ3) is 4.08. The van der Waals surface area contributed by atoms with E-state index in [1.807, 2.05) is 13.8 Å². The van der Waals surface area contributed by atoms with Crippen molar-refractivity contribution in [1.82, 2.24) is 20.4 Å². The molecule has 3 heterocycles. The molecule has 2 N–H and O–H groups in total. The molecule has 0 saturated heterocycles. The third-order valence-electron chi connectivity index (χ3n) is 7.01. The zero-order valence-corrected chi connectivity index (χ0v) is 19.6. The molecule has 2 aromatic heterocycles. The number of aromatic nitrogens is 2. The Bertz CT molecular complexity index is 1120. The maximum atomic E-state index is 13.1. The van der Waals surface area contributed by atoms with Crippen LogP contribution in [0.5, 0.6) is 0 Å². The van der Waals surface area contributed by atoms with Crippen LogP contribution in [0.2, 0.25) is 0 Å². The lowest BCUT2D eigenvalue weighted by molar-refractivity contribution is -0.123. The van der Waals surface area contributed by atoms with Gasteiger partial charge >= 0.3 is 0 Å². The van der Waals surface area contributed by atoms with Crippen molar-refractivity contribution in [2.45, 2.75) is 72.0 Å². The van der Waals surface area contributed by atoms with Crippen molar-refractivity contribution in [3.8, 4) is 0 Å². The predicted octanol–water partition coefficient (Wildman–Crippen LogP) is 4.42. The van der Waals surface area contributed by atoms with Crippen LogP contribution in [0.25, 0.3) is 10.9 Å². The van der Waals surface area contributed by atoms with Gasteiger partial charge in [0, 0.05) is 35.2 Å². The van der Waals surface area contributed by atoms with Crippen LogP contribution in [0, 0.1) is 25.7 Å². The fourth-order valence-electron chi connectivity index (χ4n) is 5.08. The Morgan fingerprint density at radius 3 is 2.81 bits per heavy atom. The van der Waals surface area contributed by atoms with E-state index in [4.69, 9.17) is 4.52 Å². The van der Waals surface area contributed by atoms with E-state index in [2.05, 4.69) is 58.6 Å². The number of rotatable bonds is 7. The second-order valence-electron chi connectivity index (χ2n) is 10.1. The van der Waals surface area contributed by atoms with Crippen LogP contribution in [0.4, 0.5) is 0 Å². The lowest BCUT2D eigenvalue weighted by Gasteiger charge is -2.25. The molecule has 1 amide bonds. The van der Waals surface area contributed by atoms with Crippen molar-refractivity contribution in [3.05, 3.63) is 52.5 Å². The van der Waals surface area contributed by atoms with Crippen LogP contribution in [0.1, 0.15) is 67.3 Å². The predicted molar refractivity (Wildman–Crippen MR) is 126 cm³/mol. The minimum atomic E-state index is -0.219. The molecule has 6 heteroatoms. The largest absolute Gasteiger partial charge is 0.361 e. The van der Waals surface area contributed by atoms with Gasteiger partial charge in [0.2, 0.25) is 5.91 Å². The number of carbonyl (C=O) groups is 1. The molecule has 2 aliphatic rings. The van der Waals surface area contributed by atoms with E-state index >= 15 is 0 Å². The van der Waals surface area contributed by atoms with E-state index in [0.29, 0.717) is 18.3 Å². The monoisotopic (exact) mass is 434 g/mol. The van der Waals surface area contributed by atoms with Gasteiger partial charge in [-0.25, -0.2) is 0 Å². The van der Waals surface area contributed by atoms with Crippen molar-refractivity contribution in [2.24, 2.45) is 11.8 Å². The minimum Gasteiger partial charge on any atom is -0.361 e. The van der Waals surface area contributed by atoms with Gasteiger partial charge in [-0.3, -0.25) is 10.1 Å². The molecule has 5 rings (SSSR count). The first-order chi connectivity index (χ1) is 15.4. The van der Waals surface area contributed by atoms with Gasteiger partial charge in [-0.1, -0.05) is 31.1 Å². The van der Waals surface area contributed by atoms with Gasteiger partial charge in [-0.15, -0.1) is 0 Å². The van der Waals surface area contributed by atoms with E-state index in [0.717, 1.165) is 36.5 Å². The first-order valence-electron chi connectivity index (χ1n) is 12.0. The zero-order chi connectivity index (χ0) is 22.4. The molecule has 1 aromatic carbocycles. The summed E-state index contributed by atoms with van der Waals surface area (Å²) in [6, 6.07) is 6.51. The first-order valence-corrected chi connectivity index (χ1v) is 12.0. The number of nitrogens with zero attached hydrogens (tertiary/aromatic N) is 2. The molecule has 1 aliphatic heterocycles. The summed E-state index contributed by atoms with van der Waals surface area (Å²) in [6.45, 7) is 10.00. The molecule has 0 bridgehead atoms. The van der Waals surface area contributed by atoms with Gasteiger partial charge in [-0.2, -0.15) is 0 Å². The van der Waals surface area contributed by atoms with Gasteiger partial charge in [0.25, 0.3) is 0 Å². The van der Waals surface area contributed by atoms with Crippen LogP contribution in [-0.4, -0.2) is 28.2 Å². The summed E-state index contributed by atoms with van der Waals surface area (Å²) in [7, 11) is 0. The number of carbonyl (C=O) groups excluding carboxylic acids is 1. The topological polar surface area (TPSA) is 72.1 Å². The maximum absolute atomic E-state index is 13.1. The Labute approximate surface area is 189 Å². The SMILES string of the molecule is Cc1noc(C)c1Cn1cc2c3c(cccc31)C(CC(C)C)NC(C(=O)NCC1CC1)C2. The van der Waals surface area contributed by atoms with Crippen molar-refractivity contribution >= 4 is 16.8 Å². The summed E-state index contributed by atoms with van der Waals surface area (Å²) in [5.74, 6) is 2.20. The highest BCUT2D eigenvalue weighted by Gasteiger charge is 2.32. The van der Waals surface area contributed by atoms with Crippen molar-refractivity contribution in [1.29, 1.82) is 0 Å². The van der Waals surface area contributed by atoms with Gasteiger partial charge in [0.05, 0.1) is 18.3 Å². The summed E-state index contributed by atoms with van der Waals surface area (Å²) in [5, 5.41) is 12.4. The Hall–Kier alpha value is -2.60. The van der Waals surface area contributed by atoms with E-state index in [-0.39, 0.29) is 18.0 Å². The molecule has 2 atom stereocenters. The fraction of sp³-hybridized carbons (Fsp3) is 0.538. The summed E-state index contributed by atoms with van der Waals surface area (Å²) in [6.07, 6.45) is 6.42. The van der Waals surface area contributed by atoms with Crippen molar-refractivity contribution in [3.63, 3.8) is 0 Å². The fourth-order valence-corrected chi connectivity index (χ4v) is 5.08. The Morgan fingerprint density at radius 2 is 2.12 bits per heavy atom. The number of benzene rings is 1. The average molecular weight is 435 g/mol. The number of amides is 1. The first kappa shape index (κ1) is 21.3. The molecule has 2 unspecified atom stereocenters. The Balaban J connectivity index is 1.53. The number of hydrogen-bond donors (Lipinski definition) is 2. The summed E-state index contributed by atoms with van der Waals surface area (Å²) >= 11 is 0. The molecule has 3 aromatic rings. The minimum absolute atomic E-state index is 0.130. The van der Waals surface area contributed by atoms with E-state index in [1.165, 1.54) is 34.9 Å². The quantitative estimate of drug-likeness (QED) is 0.577. The molecule has 170 valence electrons. The van der Waals surface area contributed by atoms with Crippen molar-refractivity contribution in [2.75, 3.05) is 6.54 Å². The summed E-state index contributed by atoms with van der Waals surface area (Å²) in [5.41, 5.74) is 5.83. The van der Waals surface area contributed by atoms with E-state index in [1.54, 1.807) is 0 Å². The van der Waals surface area contributed by atoms with Gasteiger partial charge in [0.1, 0.15) is 5.76 Å². The second-order valence-corrected chi connectivity index (χ2v) is 10.1. The molecule has 0 radical (unpaired) electrons. The standard InChI is InChI=1S/C26H34N4O2/c1-15(2)10-22-20-6-5-7-24-25(20)19(11-23(28-22)26(31)27-12-18-8-9-18)13-30(24)14-21-16(3)29-32-17(21)4/h5-7,13,15,18,22-23,28H,8-12,14H2,1-4H3,(H,27,31). The molecular formula is C26H34N4O2. The normalized spacial score (nSPS) is 20.7. The molecule has 1 saturated carbocycles. The van der Waals surface area contributed by atoms with Crippen LogP contribution < -0.4 is 10.6 Å². The Morgan fingerprint density at radius 1 is 1.31 bits per heavy atom. The molecule has 1 aliphatic carbocycles. The molecular weight excluding hydrogens is 400 g/mol. The zero-order valence-electron chi connectivity index (χ0n) is 19.6. The summed E-state index contributed by atoms with van der Waals surface area (Å²) in [4.78, 5) is 13.1. The van der Waals surface area contributed by atoms with Gasteiger partial charge in [-0.05, 0) is 68.6 Å². The van der Waals surface area contributed by atoms with E-state index < -0.39 is 0 Å². The highest BCUT2D eigenvalue weighted by molar-refractivity contribution is 5.90. The molecule has 32 heavy (non-hydrogen) atoms. The highest BCUT2D eigenvalue weighted by Crippen LogP contribution is 2.36. The highest BCUT2D eigenvalue weighted by atomic mass is 16.5. The lowest BCUT2D eigenvalue weighted by Crippen LogP contribution is -2.46. The maximum Gasteiger partial charge on any atom is 0.237 e. The third-order valence-corrected chi connectivity index (χ3v) is 7.01. The smallest absolute Gasteiger partial charge is 0.237 e. The molecule has 6 nitrogen and oxygen atoms in total. The van der Waals surface area contributed by atoms with Crippen LogP contribution in [0.3, 0.4) is 0 Å². The average Bonchev–Trinajstić information content (AvgIpc) is 3.48. The Kier molecular flexibility index (Phi) is 5.58. The van der Waals surface area contributed by atoms with Crippen LogP contribution in [0.15, 0.2) is 28.9 Å². The van der Waals surface area contributed by atoms with Crippen LogP contribution in [-0.2, 0) is 17.8 Å². The molecule has 0 spiro atoms. The lowest BCUT2D eigenvalue weighted by atomic mass is 9.94. The number of aryl methyl sites for hydroxylation is 2. The van der Waals surface area contributed by atoms with Crippen LogP contribution >= 0.6 is 0 Å². The second kappa shape index (κ2) is 8.39. The number of nitrogens with one attached hydrogen (secondary N) is 2. The van der Waals surface area contributed by atoms with E-state index in [9.17, 15) is 4.79 Å². The molecule has 1 fully saturated rings. The van der Waals surface area contributed by atoms with Gasteiger partial charge < -0.3 is 14.4 Å². The van der Waals surface area contributed by atoms with Crippen molar-refractivity contribution < 1.29 is 9.32 Å². The number of hydrogen-bond acceptors (Lipinski definition) is 4. The van der Waals surface area contributed by atoms with Gasteiger partial charge in [0.15, 0.2) is 0 Å².